The summed E-state index contributed by atoms with van der Waals surface area (Å²) in [5.41, 5.74) is 0. The van der Waals surface area contributed by atoms with E-state index in [4.69, 9.17) is 0 Å². The molecule has 0 aliphatic carbocycles. The van der Waals surface area contributed by atoms with Crippen molar-refractivity contribution in [2.24, 2.45) is 0 Å². The van der Waals surface area contributed by atoms with Crippen molar-refractivity contribution in [3.63, 3.8) is 0 Å². The number of rotatable bonds is 6. The molecule has 1 unspecified atom stereocenters. The van der Waals surface area contributed by atoms with Crippen LogP contribution in [0.3, 0.4) is 0 Å². The van der Waals surface area contributed by atoms with Crippen molar-refractivity contribution in [3.05, 3.63) is 11.1 Å². The van der Waals surface area contributed by atoms with E-state index in [1.54, 1.807) is 11.3 Å². The van der Waals surface area contributed by atoms with Crippen LogP contribution in [-0.2, 0) is 6.54 Å². The van der Waals surface area contributed by atoms with Gasteiger partial charge in [-0.2, -0.15) is 0 Å². The predicted molar refractivity (Wildman–Crippen MR) is 82.9 cm³/mol. The van der Waals surface area contributed by atoms with E-state index in [1.807, 2.05) is 6.20 Å². The van der Waals surface area contributed by atoms with Crippen molar-refractivity contribution >= 4 is 16.5 Å². The fourth-order valence-corrected chi connectivity index (χ4v) is 3.39. The van der Waals surface area contributed by atoms with E-state index in [-0.39, 0.29) is 0 Å². The number of anilines is 1. The van der Waals surface area contributed by atoms with Gasteiger partial charge in [-0.05, 0) is 19.9 Å². The number of nitrogens with one attached hydrogen (secondary N) is 1. The zero-order valence-corrected chi connectivity index (χ0v) is 13.2. The highest BCUT2D eigenvalue weighted by Crippen LogP contribution is 2.21. The Bertz CT molecular complexity index is 379. The van der Waals surface area contributed by atoms with Crippen LogP contribution >= 0.6 is 11.3 Å². The summed E-state index contributed by atoms with van der Waals surface area (Å²) >= 11 is 1.80. The van der Waals surface area contributed by atoms with Gasteiger partial charge in [-0.3, -0.25) is 4.90 Å². The Balaban J connectivity index is 1.85. The first kappa shape index (κ1) is 14.8. The highest BCUT2D eigenvalue weighted by atomic mass is 32.1. The van der Waals surface area contributed by atoms with Crippen LogP contribution < -0.4 is 5.32 Å². The molecule has 2 rings (SSSR count). The van der Waals surface area contributed by atoms with Crippen LogP contribution in [0.15, 0.2) is 6.20 Å². The van der Waals surface area contributed by atoms with E-state index in [0.717, 1.165) is 24.6 Å². The van der Waals surface area contributed by atoms with E-state index < -0.39 is 0 Å². The number of piperazine rings is 1. The third kappa shape index (κ3) is 4.16. The van der Waals surface area contributed by atoms with Gasteiger partial charge in [0.15, 0.2) is 5.13 Å². The van der Waals surface area contributed by atoms with Crippen LogP contribution in [0, 0.1) is 0 Å². The normalized spacial score (nSPS) is 21.7. The van der Waals surface area contributed by atoms with Crippen LogP contribution in [0.25, 0.3) is 0 Å². The van der Waals surface area contributed by atoms with E-state index in [2.05, 4.69) is 41.0 Å². The largest absolute Gasteiger partial charge is 0.362 e. The SMILES string of the molecule is CCCNc1ncc(CN2CCN(C)C(CC)C2)s1. The molecule has 1 N–H and O–H groups in total. The lowest BCUT2D eigenvalue weighted by Crippen LogP contribution is -2.50. The van der Waals surface area contributed by atoms with Crippen molar-refractivity contribution in [3.8, 4) is 0 Å². The second-order valence-corrected chi connectivity index (χ2v) is 6.45. The quantitative estimate of drug-likeness (QED) is 0.868. The first-order valence-corrected chi connectivity index (χ1v) is 8.15. The standard InChI is InChI=1S/C14H26N4S/c1-4-6-15-14-16-9-13(19-14)11-18-8-7-17(3)12(5-2)10-18/h9,12H,4-8,10-11H2,1-3H3,(H,15,16). The van der Waals surface area contributed by atoms with Gasteiger partial charge in [0.1, 0.15) is 0 Å². The number of thiazole rings is 1. The van der Waals surface area contributed by atoms with Gasteiger partial charge in [0.05, 0.1) is 0 Å². The van der Waals surface area contributed by atoms with Crippen LogP contribution in [-0.4, -0.2) is 54.1 Å². The van der Waals surface area contributed by atoms with E-state index in [9.17, 15) is 0 Å². The topological polar surface area (TPSA) is 31.4 Å². The Morgan fingerprint density at radius 3 is 3.00 bits per heavy atom. The molecule has 1 aromatic rings. The Kier molecular flexibility index (Phi) is 5.60. The Hall–Kier alpha value is -0.650. The Morgan fingerprint density at radius 1 is 1.42 bits per heavy atom. The molecule has 0 saturated carbocycles. The number of nitrogens with zero attached hydrogens (tertiary/aromatic N) is 3. The summed E-state index contributed by atoms with van der Waals surface area (Å²) in [6.45, 7) is 10.1. The lowest BCUT2D eigenvalue weighted by Gasteiger charge is -2.38. The molecule has 2 heterocycles. The molecule has 0 amide bonds. The molecule has 0 aromatic carbocycles. The monoisotopic (exact) mass is 282 g/mol. The lowest BCUT2D eigenvalue weighted by molar-refractivity contribution is 0.0890. The maximum Gasteiger partial charge on any atom is 0.182 e. The molecule has 1 fully saturated rings. The minimum Gasteiger partial charge on any atom is -0.362 e. The van der Waals surface area contributed by atoms with Gasteiger partial charge >= 0.3 is 0 Å². The molecule has 0 radical (unpaired) electrons. The maximum absolute atomic E-state index is 4.44. The van der Waals surface area contributed by atoms with E-state index >= 15 is 0 Å². The highest BCUT2D eigenvalue weighted by molar-refractivity contribution is 7.15. The average molecular weight is 282 g/mol. The fraction of sp³-hybridized carbons (Fsp3) is 0.786. The number of aromatic nitrogens is 1. The van der Waals surface area contributed by atoms with Gasteiger partial charge in [0, 0.05) is 49.8 Å². The number of likely N-dealkylation sites (N-methyl/N-ethyl adjacent to an activating group) is 1. The predicted octanol–water partition coefficient (Wildman–Crippen LogP) is 2.49. The van der Waals surface area contributed by atoms with Gasteiger partial charge < -0.3 is 10.2 Å². The molecule has 1 aromatic heterocycles. The van der Waals surface area contributed by atoms with Crippen LogP contribution in [0.1, 0.15) is 31.6 Å². The second-order valence-electron chi connectivity index (χ2n) is 5.34. The van der Waals surface area contributed by atoms with Crippen molar-refractivity contribution in [1.82, 2.24) is 14.8 Å². The van der Waals surface area contributed by atoms with Gasteiger partial charge in [0.2, 0.25) is 0 Å². The maximum atomic E-state index is 4.44. The third-order valence-electron chi connectivity index (χ3n) is 3.79. The second kappa shape index (κ2) is 7.22. The average Bonchev–Trinajstić information content (AvgIpc) is 2.86. The van der Waals surface area contributed by atoms with Gasteiger partial charge in [-0.1, -0.05) is 13.8 Å². The van der Waals surface area contributed by atoms with Crippen molar-refractivity contribution in [2.45, 2.75) is 39.3 Å². The lowest BCUT2D eigenvalue weighted by atomic mass is 10.1. The van der Waals surface area contributed by atoms with Gasteiger partial charge in [-0.15, -0.1) is 11.3 Å². The molecule has 5 heteroatoms. The summed E-state index contributed by atoms with van der Waals surface area (Å²) in [6.07, 6.45) is 4.41. The molecular formula is C14H26N4S. The Morgan fingerprint density at radius 2 is 2.26 bits per heavy atom. The zero-order valence-electron chi connectivity index (χ0n) is 12.4. The number of hydrogen-bond donors (Lipinski definition) is 1. The molecule has 1 atom stereocenters. The molecule has 1 saturated heterocycles. The molecule has 1 aliphatic heterocycles. The zero-order chi connectivity index (χ0) is 13.7. The summed E-state index contributed by atoms with van der Waals surface area (Å²) in [5.74, 6) is 0. The van der Waals surface area contributed by atoms with E-state index in [1.165, 1.54) is 30.9 Å². The summed E-state index contributed by atoms with van der Waals surface area (Å²) in [7, 11) is 2.24. The minimum atomic E-state index is 0.708. The highest BCUT2D eigenvalue weighted by Gasteiger charge is 2.23. The summed E-state index contributed by atoms with van der Waals surface area (Å²) in [4.78, 5) is 10.9. The molecule has 0 bridgehead atoms. The van der Waals surface area contributed by atoms with Crippen LogP contribution in [0.2, 0.25) is 0 Å². The molecule has 19 heavy (non-hydrogen) atoms. The van der Waals surface area contributed by atoms with E-state index in [0.29, 0.717) is 6.04 Å². The molecule has 4 nitrogen and oxygen atoms in total. The van der Waals surface area contributed by atoms with Crippen molar-refractivity contribution in [1.29, 1.82) is 0 Å². The first-order chi connectivity index (χ1) is 9.22. The smallest absolute Gasteiger partial charge is 0.182 e. The molecular weight excluding hydrogens is 256 g/mol. The first-order valence-electron chi connectivity index (χ1n) is 7.34. The Labute approximate surface area is 120 Å². The van der Waals surface area contributed by atoms with Gasteiger partial charge in [-0.25, -0.2) is 4.98 Å². The minimum absolute atomic E-state index is 0.708. The summed E-state index contributed by atoms with van der Waals surface area (Å²) in [5, 5.41) is 4.43. The third-order valence-corrected chi connectivity index (χ3v) is 4.73. The van der Waals surface area contributed by atoms with Gasteiger partial charge in [0.25, 0.3) is 0 Å². The molecule has 108 valence electrons. The fourth-order valence-electron chi connectivity index (χ4n) is 2.51. The van der Waals surface area contributed by atoms with Crippen molar-refractivity contribution < 1.29 is 0 Å². The summed E-state index contributed by atoms with van der Waals surface area (Å²) in [6, 6.07) is 0.708. The molecule has 1 aliphatic rings. The van der Waals surface area contributed by atoms with Crippen LogP contribution in [0.4, 0.5) is 5.13 Å². The number of hydrogen-bond acceptors (Lipinski definition) is 5. The summed E-state index contributed by atoms with van der Waals surface area (Å²) < 4.78 is 0. The van der Waals surface area contributed by atoms with Crippen molar-refractivity contribution in [2.75, 3.05) is 38.5 Å². The molecule has 0 spiro atoms. The van der Waals surface area contributed by atoms with Crippen LogP contribution in [0.5, 0.6) is 0 Å².